The summed E-state index contributed by atoms with van der Waals surface area (Å²) in [6.07, 6.45) is 0. The highest BCUT2D eigenvalue weighted by Gasteiger charge is 2.10. The van der Waals surface area contributed by atoms with Gasteiger partial charge in [-0.05, 0) is 36.8 Å². The topological polar surface area (TPSA) is 46.5 Å². The van der Waals surface area contributed by atoms with Crippen molar-refractivity contribution >= 4 is 5.97 Å². The Morgan fingerprint density at radius 3 is 2.53 bits per heavy atom. The number of aromatic hydroxyl groups is 1. The molecule has 0 aromatic heterocycles. The van der Waals surface area contributed by atoms with Crippen LogP contribution in [0.25, 0.3) is 0 Å². The molecule has 0 radical (unpaired) electrons. The van der Waals surface area contributed by atoms with Crippen LogP contribution >= 0.6 is 0 Å². The summed E-state index contributed by atoms with van der Waals surface area (Å²) in [6.45, 7) is 1.86. The van der Waals surface area contributed by atoms with Crippen LogP contribution in [0.3, 0.4) is 0 Å². The average molecular weight is 228 g/mol. The van der Waals surface area contributed by atoms with Crippen molar-refractivity contribution in [3.05, 3.63) is 59.7 Å². The number of aryl methyl sites for hydroxylation is 1. The Balaban J connectivity index is 2.22. The number of benzene rings is 2. The molecule has 0 spiro atoms. The molecule has 86 valence electrons. The summed E-state index contributed by atoms with van der Waals surface area (Å²) in [5, 5.41) is 9.55. The molecule has 2 aromatic carbocycles. The van der Waals surface area contributed by atoms with Crippen molar-refractivity contribution in [2.24, 2.45) is 0 Å². The van der Waals surface area contributed by atoms with Gasteiger partial charge in [-0.1, -0.05) is 24.3 Å². The van der Waals surface area contributed by atoms with E-state index in [1.54, 1.807) is 36.4 Å². The van der Waals surface area contributed by atoms with E-state index < -0.39 is 5.97 Å². The van der Waals surface area contributed by atoms with Crippen LogP contribution in [0.5, 0.6) is 11.5 Å². The molecule has 2 aromatic rings. The fourth-order valence-electron chi connectivity index (χ4n) is 1.44. The van der Waals surface area contributed by atoms with E-state index in [-0.39, 0.29) is 11.5 Å². The number of ether oxygens (including phenoxy) is 1. The molecule has 0 saturated carbocycles. The van der Waals surface area contributed by atoms with Gasteiger partial charge in [0.1, 0.15) is 0 Å². The van der Waals surface area contributed by atoms with Gasteiger partial charge in [0.2, 0.25) is 0 Å². The highest BCUT2D eigenvalue weighted by atomic mass is 16.5. The lowest BCUT2D eigenvalue weighted by Crippen LogP contribution is -2.08. The van der Waals surface area contributed by atoms with Crippen molar-refractivity contribution in [1.82, 2.24) is 0 Å². The highest BCUT2D eigenvalue weighted by molar-refractivity contribution is 5.91. The quantitative estimate of drug-likeness (QED) is 0.635. The smallest absolute Gasteiger partial charge is 0.343 e. The van der Waals surface area contributed by atoms with Crippen molar-refractivity contribution in [2.45, 2.75) is 6.92 Å². The van der Waals surface area contributed by atoms with Crippen LogP contribution in [0, 0.1) is 6.92 Å². The van der Waals surface area contributed by atoms with Crippen molar-refractivity contribution in [3.63, 3.8) is 0 Å². The summed E-state index contributed by atoms with van der Waals surface area (Å²) in [5.74, 6) is -0.342. The van der Waals surface area contributed by atoms with Gasteiger partial charge in [0.15, 0.2) is 11.5 Å². The SMILES string of the molecule is Cc1ccc(O)c(OC(=O)c2ccccc2)c1. The Kier molecular flexibility index (Phi) is 3.10. The van der Waals surface area contributed by atoms with Gasteiger partial charge in [-0.25, -0.2) is 4.79 Å². The van der Waals surface area contributed by atoms with Gasteiger partial charge < -0.3 is 9.84 Å². The zero-order chi connectivity index (χ0) is 12.3. The first kappa shape index (κ1) is 11.2. The Morgan fingerprint density at radius 1 is 1.12 bits per heavy atom. The Bertz CT molecular complexity index is 532. The lowest BCUT2D eigenvalue weighted by Gasteiger charge is -2.06. The maximum absolute atomic E-state index is 11.7. The number of carbonyl (C=O) groups excluding carboxylic acids is 1. The van der Waals surface area contributed by atoms with E-state index in [4.69, 9.17) is 4.74 Å². The fraction of sp³-hybridized carbons (Fsp3) is 0.0714. The second-order valence-electron chi connectivity index (χ2n) is 3.73. The lowest BCUT2D eigenvalue weighted by molar-refractivity contribution is 0.0729. The summed E-state index contributed by atoms with van der Waals surface area (Å²) in [7, 11) is 0. The third-order valence-electron chi connectivity index (χ3n) is 2.33. The number of hydrogen-bond acceptors (Lipinski definition) is 3. The second-order valence-corrected chi connectivity index (χ2v) is 3.73. The first-order valence-electron chi connectivity index (χ1n) is 5.23. The molecule has 3 heteroatoms. The van der Waals surface area contributed by atoms with Crippen LogP contribution in [-0.2, 0) is 0 Å². The van der Waals surface area contributed by atoms with Crippen LogP contribution in [-0.4, -0.2) is 11.1 Å². The summed E-state index contributed by atoms with van der Waals surface area (Å²) >= 11 is 0. The highest BCUT2D eigenvalue weighted by Crippen LogP contribution is 2.27. The van der Waals surface area contributed by atoms with E-state index in [0.717, 1.165) is 5.56 Å². The van der Waals surface area contributed by atoms with E-state index in [9.17, 15) is 9.90 Å². The van der Waals surface area contributed by atoms with E-state index in [2.05, 4.69) is 0 Å². The van der Waals surface area contributed by atoms with Gasteiger partial charge in [0.05, 0.1) is 5.56 Å². The van der Waals surface area contributed by atoms with E-state index in [0.29, 0.717) is 5.56 Å². The van der Waals surface area contributed by atoms with Crippen LogP contribution < -0.4 is 4.74 Å². The monoisotopic (exact) mass is 228 g/mol. The molecule has 0 unspecified atom stereocenters. The Labute approximate surface area is 99.3 Å². The third-order valence-corrected chi connectivity index (χ3v) is 2.33. The number of phenols is 1. The second kappa shape index (κ2) is 4.70. The number of esters is 1. The Morgan fingerprint density at radius 2 is 1.82 bits per heavy atom. The number of phenolic OH excluding ortho intramolecular Hbond substituents is 1. The average Bonchev–Trinajstić information content (AvgIpc) is 2.35. The summed E-state index contributed by atoms with van der Waals surface area (Å²) in [5.41, 5.74) is 1.37. The van der Waals surface area contributed by atoms with Crippen molar-refractivity contribution in [3.8, 4) is 11.5 Å². The minimum absolute atomic E-state index is 0.0418. The van der Waals surface area contributed by atoms with Crippen LogP contribution in [0.1, 0.15) is 15.9 Å². The van der Waals surface area contributed by atoms with Crippen molar-refractivity contribution in [2.75, 3.05) is 0 Å². The molecule has 2 rings (SSSR count). The number of hydrogen-bond donors (Lipinski definition) is 1. The molecule has 0 aliphatic heterocycles. The molecular formula is C14H12O3. The molecule has 3 nitrogen and oxygen atoms in total. The molecule has 0 heterocycles. The molecule has 0 aliphatic carbocycles. The number of carbonyl (C=O) groups is 1. The van der Waals surface area contributed by atoms with Gasteiger partial charge in [-0.3, -0.25) is 0 Å². The van der Waals surface area contributed by atoms with Gasteiger partial charge >= 0.3 is 5.97 Å². The van der Waals surface area contributed by atoms with E-state index >= 15 is 0 Å². The van der Waals surface area contributed by atoms with E-state index in [1.165, 1.54) is 6.07 Å². The third kappa shape index (κ3) is 2.64. The molecule has 1 N–H and O–H groups in total. The molecule has 17 heavy (non-hydrogen) atoms. The van der Waals surface area contributed by atoms with Gasteiger partial charge in [0.25, 0.3) is 0 Å². The summed E-state index contributed by atoms with van der Waals surface area (Å²) < 4.78 is 5.12. The minimum Gasteiger partial charge on any atom is -0.504 e. The molecule has 0 aliphatic rings. The Hall–Kier alpha value is -2.29. The summed E-state index contributed by atoms with van der Waals surface area (Å²) in [4.78, 5) is 11.7. The van der Waals surface area contributed by atoms with Crippen LogP contribution in [0.2, 0.25) is 0 Å². The maximum atomic E-state index is 11.7. The van der Waals surface area contributed by atoms with E-state index in [1.807, 2.05) is 13.0 Å². The lowest BCUT2D eigenvalue weighted by atomic mass is 10.2. The normalized spacial score (nSPS) is 9.94. The van der Waals surface area contributed by atoms with Crippen molar-refractivity contribution in [1.29, 1.82) is 0 Å². The largest absolute Gasteiger partial charge is 0.504 e. The molecule has 0 atom stereocenters. The van der Waals surface area contributed by atoms with Gasteiger partial charge in [0, 0.05) is 0 Å². The van der Waals surface area contributed by atoms with Crippen LogP contribution in [0.4, 0.5) is 0 Å². The zero-order valence-corrected chi connectivity index (χ0v) is 9.38. The number of rotatable bonds is 2. The molecule has 0 fully saturated rings. The summed E-state index contributed by atoms with van der Waals surface area (Å²) in [6, 6.07) is 13.5. The predicted octanol–water partition coefficient (Wildman–Crippen LogP) is 2.92. The first-order valence-corrected chi connectivity index (χ1v) is 5.23. The van der Waals surface area contributed by atoms with Crippen LogP contribution in [0.15, 0.2) is 48.5 Å². The van der Waals surface area contributed by atoms with Gasteiger partial charge in [-0.15, -0.1) is 0 Å². The molecule has 0 amide bonds. The zero-order valence-electron chi connectivity index (χ0n) is 9.38. The predicted molar refractivity (Wildman–Crippen MR) is 64.2 cm³/mol. The van der Waals surface area contributed by atoms with Gasteiger partial charge in [-0.2, -0.15) is 0 Å². The standard InChI is InChI=1S/C14H12O3/c1-10-7-8-12(15)13(9-10)17-14(16)11-5-3-2-4-6-11/h2-9,15H,1H3. The minimum atomic E-state index is -0.480. The molecular weight excluding hydrogens is 216 g/mol. The maximum Gasteiger partial charge on any atom is 0.343 e. The molecule has 0 saturated heterocycles. The first-order chi connectivity index (χ1) is 8.16. The fourth-order valence-corrected chi connectivity index (χ4v) is 1.44. The van der Waals surface area contributed by atoms with Crippen molar-refractivity contribution < 1.29 is 14.6 Å². The molecule has 0 bridgehead atoms.